The second-order valence-electron chi connectivity index (χ2n) is 4.85. The van der Waals surface area contributed by atoms with Crippen molar-refractivity contribution in [1.29, 1.82) is 0 Å². The van der Waals surface area contributed by atoms with Gasteiger partial charge in [0.05, 0.1) is 17.0 Å². The molecule has 0 saturated carbocycles. The Balaban J connectivity index is 2.48. The number of ether oxygens (including phenoxy) is 1. The van der Waals surface area contributed by atoms with Crippen LogP contribution in [0.4, 0.5) is 0 Å². The minimum absolute atomic E-state index is 0.414. The summed E-state index contributed by atoms with van der Waals surface area (Å²) in [5.41, 5.74) is 2.73. The maximum absolute atomic E-state index is 6.62. The third-order valence-electron chi connectivity index (χ3n) is 3.50. The van der Waals surface area contributed by atoms with Gasteiger partial charge in [-0.05, 0) is 44.9 Å². The van der Waals surface area contributed by atoms with E-state index in [1.165, 1.54) is 0 Å². The minimum atomic E-state index is -0.414. The van der Waals surface area contributed by atoms with Crippen molar-refractivity contribution in [2.24, 2.45) is 0 Å². The molecule has 0 fully saturated rings. The molecule has 1 unspecified atom stereocenters. The Kier molecular flexibility index (Phi) is 5.13. The van der Waals surface area contributed by atoms with Crippen molar-refractivity contribution in [2.45, 2.75) is 33.1 Å². The standard InChI is InChI=1S/C16H17Cl3O2/c1-5-20-14-7-12(17)11(6-13(14)18)16(19)15-8(2)9(3)21-10(15)4/h6-7,16H,5H2,1-4H3. The van der Waals surface area contributed by atoms with Crippen LogP contribution in [0.3, 0.4) is 0 Å². The Morgan fingerprint density at radius 2 is 1.76 bits per heavy atom. The van der Waals surface area contributed by atoms with E-state index in [9.17, 15) is 0 Å². The molecule has 5 heteroatoms. The molecule has 0 aliphatic rings. The lowest BCUT2D eigenvalue weighted by Gasteiger charge is -2.15. The van der Waals surface area contributed by atoms with Gasteiger partial charge in [0.15, 0.2) is 0 Å². The number of benzene rings is 1. The van der Waals surface area contributed by atoms with Crippen molar-refractivity contribution in [1.82, 2.24) is 0 Å². The molecule has 2 aromatic rings. The maximum atomic E-state index is 6.62. The van der Waals surface area contributed by atoms with Gasteiger partial charge in [-0.1, -0.05) is 23.2 Å². The smallest absolute Gasteiger partial charge is 0.139 e. The van der Waals surface area contributed by atoms with Crippen molar-refractivity contribution in [3.8, 4) is 5.75 Å². The molecular weight excluding hydrogens is 331 g/mol. The second-order valence-corrected chi connectivity index (χ2v) is 6.10. The van der Waals surface area contributed by atoms with E-state index in [1.54, 1.807) is 12.1 Å². The molecule has 1 heterocycles. The van der Waals surface area contributed by atoms with E-state index in [1.807, 2.05) is 27.7 Å². The molecule has 1 aromatic carbocycles. The van der Waals surface area contributed by atoms with E-state index in [2.05, 4.69) is 0 Å². The summed E-state index contributed by atoms with van der Waals surface area (Å²) in [5, 5.41) is 0.612. The van der Waals surface area contributed by atoms with Crippen LogP contribution in [0.25, 0.3) is 0 Å². The van der Waals surface area contributed by atoms with Crippen molar-refractivity contribution >= 4 is 34.8 Å². The zero-order chi connectivity index (χ0) is 15.7. The molecule has 0 aliphatic carbocycles. The zero-order valence-corrected chi connectivity index (χ0v) is 14.7. The topological polar surface area (TPSA) is 22.4 Å². The summed E-state index contributed by atoms with van der Waals surface area (Å²) in [5.74, 6) is 2.22. The molecule has 2 rings (SSSR count). The molecule has 21 heavy (non-hydrogen) atoms. The third-order valence-corrected chi connectivity index (χ3v) is 4.57. The molecule has 0 amide bonds. The largest absolute Gasteiger partial charge is 0.492 e. The number of halogens is 3. The Morgan fingerprint density at radius 1 is 1.10 bits per heavy atom. The highest BCUT2D eigenvalue weighted by Gasteiger charge is 2.23. The van der Waals surface area contributed by atoms with Gasteiger partial charge in [0.25, 0.3) is 0 Å². The first-order chi connectivity index (χ1) is 9.86. The van der Waals surface area contributed by atoms with Crippen LogP contribution >= 0.6 is 34.8 Å². The van der Waals surface area contributed by atoms with Gasteiger partial charge >= 0.3 is 0 Å². The molecule has 2 nitrogen and oxygen atoms in total. The monoisotopic (exact) mass is 346 g/mol. The van der Waals surface area contributed by atoms with Gasteiger partial charge in [-0.2, -0.15) is 0 Å². The van der Waals surface area contributed by atoms with Crippen LogP contribution < -0.4 is 4.74 Å². The van der Waals surface area contributed by atoms with Gasteiger partial charge < -0.3 is 9.15 Å². The van der Waals surface area contributed by atoms with Gasteiger partial charge in [0.2, 0.25) is 0 Å². The molecule has 0 aliphatic heterocycles. The quantitative estimate of drug-likeness (QED) is 0.611. The fourth-order valence-electron chi connectivity index (χ4n) is 2.34. The number of hydrogen-bond acceptors (Lipinski definition) is 2. The Hall–Kier alpha value is -0.830. The van der Waals surface area contributed by atoms with Crippen LogP contribution in [0.1, 0.15) is 40.5 Å². The predicted octanol–water partition coefficient (Wildman–Crippen LogP) is 6.24. The summed E-state index contributed by atoms with van der Waals surface area (Å²) in [6.45, 7) is 8.22. The van der Waals surface area contributed by atoms with Gasteiger partial charge in [0.1, 0.15) is 17.3 Å². The minimum Gasteiger partial charge on any atom is -0.492 e. The highest BCUT2D eigenvalue weighted by atomic mass is 35.5. The van der Waals surface area contributed by atoms with Crippen LogP contribution in [-0.4, -0.2) is 6.61 Å². The van der Waals surface area contributed by atoms with Gasteiger partial charge in [-0.3, -0.25) is 0 Å². The lowest BCUT2D eigenvalue weighted by molar-refractivity contribution is 0.340. The second kappa shape index (κ2) is 6.51. The molecule has 0 radical (unpaired) electrons. The lowest BCUT2D eigenvalue weighted by atomic mass is 10.0. The van der Waals surface area contributed by atoms with E-state index in [0.717, 1.165) is 28.2 Å². The lowest BCUT2D eigenvalue weighted by Crippen LogP contribution is -1.99. The number of aryl methyl sites for hydroxylation is 2. The van der Waals surface area contributed by atoms with E-state index >= 15 is 0 Å². The SMILES string of the molecule is CCOc1cc(Cl)c(C(Cl)c2c(C)oc(C)c2C)cc1Cl. The van der Waals surface area contributed by atoms with E-state index in [0.29, 0.717) is 22.4 Å². The van der Waals surface area contributed by atoms with Gasteiger partial charge in [-0.15, -0.1) is 11.6 Å². The number of hydrogen-bond donors (Lipinski definition) is 0. The Morgan fingerprint density at radius 3 is 2.29 bits per heavy atom. The maximum Gasteiger partial charge on any atom is 0.139 e. The van der Waals surface area contributed by atoms with Crippen molar-refractivity contribution in [3.05, 3.63) is 50.4 Å². The highest BCUT2D eigenvalue weighted by molar-refractivity contribution is 6.36. The fourth-order valence-corrected chi connectivity index (χ4v) is 3.39. The molecule has 0 saturated heterocycles. The molecule has 1 atom stereocenters. The summed E-state index contributed by atoms with van der Waals surface area (Å²) < 4.78 is 11.1. The van der Waals surface area contributed by atoms with Crippen LogP contribution in [-0.2, 0) is 0 Å². The summed E-state index contributed by atoms with van der Waals surface area (Å²) in [4.78, 5) is 0. The highest BCUT2D eigenvalue weighted by Crippen LogP contribution is 2.42. The molecule has 114 valence electrons. The van der Waals surface area contributed by atoms with Crippen LogP contribution in [0.2, 0.25) is 10.0 Å². The fraction of sp³-hybridized carbons (Fsp3) is 0.375. The number of furan rings is 1. The average Bonchev–Trinajstić information content (AvgIpc) is 2.67. The van der Waals surface area contributed by atoms with Crippen LogP contribution in [0.5, 0.6) is 5.75 Å². The molecule has 1 aromatic heterocycles. The molecule has 0 bridgehead atoms. The van der Waals surface area contributed by atoms with E-state index in [4.69, 9.17) is 44.0 Å². The molecular formula is C16H17Cl3O2. The van der Waals surface area contributed by atoms with Crippen molar-refractivity contribution in [3.63, 3.8) is 0 Å². The number of alkyl halides is 1. The summed E-state index contributed by atoms with van der Waals surface area (Å²) in [6, 6.07) is 3.46. The van der Waals surface area contributed by atoms with Crippen molar-refractivity contribution in [2.75, 3.05) is 6.61 Å². The third kappa shape index (κ3) is 3.18. The van der Waals surface area contributed by atoms with Gasteiger partial charge in [0, 0.05) is 16.7 Å². The van der Waals surface area contributed by atoms with Gasteiger partial charge in [-0.25, -0.2) is 0 Å². The first-order valence-electron chi connectivity index (χ1n) is 6.69. The average molecular weight is 348 g/mol. The summed E-state index contributed by atoms with van der Waals surface area (Å²) in [6.07, 6.45) is 0. The number of rotatable bonds is 4. The van der Waals surface area contributed by atoms with E-state index in [-0.39, 0.29) is 0 Å². The summed E-state index contributed by atoms with van der Waals surface area (Å²) in [7, 11) is 0. The Bertz CT molecular complexity index is 662. The first-order valence-corrected chi connectivity index (χ1v) is 7.88. The Labute approximate surface area is 139 Å². The zero-order valence-electron chi connectivity index (χ0n) is 12.4. The van der Waals surface area contributed by atoms with Crippen LogP contribution in [0, 0.1) is 20.8 Å². The normalized spacial score (nSPS) is 12.5. The van der Waals surface area contributed by atoms with Crippen LogP contribution in [0.15, 0.2) is 16.5 Å². The van der Waals surface area contributed by atoms with E-state index < -0.39 is 5.38 Å². The molecule has 0 spiro atoms. The van der Waals surface area contributed by atoms with Crippen molar-refractivity contribution < 1.29 is 9.15 Å². The predicted molar refractivity (Wildman–Crippen MR) is 88.2 cm³/mol. The first kappa shape index (κ1) is 16.5. The summed E-state index contributed by atoms with van der Waals surface area (Å²) >= 11 is 19.2. The molecule has 0 N–H and O–H groups in total.